The third kappa shape index (κ3) is 3.35. The Morgan fingerprint density at radius 1 is 1.53 bits per heavy atom. The van der Waals surface area contributed by atoms with Gasteiger partial charge in [-0.1, -0.05) is 0 Å². The number of likely N-dealkylation sites (tertiary alicyclic amines) is 1. The second kappa shape index (κ2) is 4.37. The fourth-order valence-electron chi connectivity index (χ4n) is 1.61. The molecule has 0 aromatic rings. The van der Waals surface area contributed by atoms with Gasteiger partial charge in [0, 0.05) is 0 Å². The molecule has 1 aliphatic heterocycles. The smallest absolute Gasteiger partial charge is 0.410 e. The van der Waals surface area contributed by atoms with E-state index in [1.165, 1.54) is 4.90 Å². The normalized spacial score (nSPS) is 26.9. The summed E-state index contributed by atoms with van der Waals surface area (Å²) < 4.78 is 5.17. The van der Waals surface area contributed by atoms with E-state index in [9.17, 15) is 9.90 Å². The van der Waals surface area contributed by atoms with Gasteiger partial charge in [-0.05, 0) is 27.2 Å². The number of β-amino-alcohol motifs (C(OH)–C–C–N with tert-alkyl or cyclic N) is 1. The molecule has 1 rings (SSSR count). The van der Waals surface area contributed by atoms with Gasteiger partial charge in [-0.25, -0.2) is 4.79 Å². The molecule has 1 fully saturated rings. The third-order valence-electron chi connectivity index (χ3n) is 2.23. The lowest BCUT2D eigenvalue weighted by molar-refractivity contribution is 0.0162. The van der Waals surface area contributed by atoms with Gasteiger partial charge in [0.1, 0.15) is 5.60 Å². The number of hydrogen-bond donors (Lipinski definition) is 2. The molecule has 5 nitrogen and oxygen atoms in total. The molecular weight excluding hydrogens is 198 g/mol. The molecule has 0 spiro atoms. The predicted octanol–water partition coefficient (Wildman–Crippen LogP) is 0.349. The maximum Gasteiger partial charge on any atom is 0.410 e. The fraction of sp³-hybridized carbons (Fsp3) is 0.900. The summed E-state index contributed by atoms with van der Waals surface area (Å²) in [6.45, 7) is 5.44. The summed E-state index contributed by atoms with van der Waals surface area (Å²) >= 11 is 0. The largest absolute Gasteiger partial charge is 0.444 e. The topological polar surface area (TPSA) is 70.0 Å². The molecule has 2 N–H and O–H groups in total. The molecule has 88 valence electrons. The van der Waals surface area contributed by atoms with E-state index in [2.05, 4.69) is 0 Å². The Kier molecular flexibility index (Phi) is 3.57. The van der Waals surface area contributed by atoms with Crippen molar-refractivity contribution in [1.82, 2.24) is 4.90 Å². The minimum Gasteiger partial charge on any atom is -0.444 e. The maximum atomic E-state index is 11.7. The van der Waals surface area contributed by atoms with E-state index in [0.29, 0.717) is 6.42 Å². The Morgan fingerprint density at radius 3 is 2.60 bits per heavy atom. The molecule has 1 heterocycles. The van der Waals surface area contributed by atoms with Crippen LogP contribution in [0.1, 0.15) is 27.2 Å². The molecule has 2 atom stereocenters. The van der Waals surface area contributed by atoms with Gasteiger partial charge in [-0.2, -0.15) is 0 Å². The van der Waals surface area contributed by atoms with Crippen LogP contribution < -0.4 is 0 Å². The van der Waals surface area contributed by atoms with Crippen LogP contribution in [0, 0.1) is 0 Å². The fourth-order valence-corrected chi connectivity index (χ4v) is 1.61. The van der Waals surface area contributed by atoms with Crippen molar-refractivity contribution in [1.29, 1.82) is 0 Å². The highest BCUT2D eigenvalue weighted by atomic mass is 16.6. The first-order valence-corrected chi connectivity index (χ1v) is 5.12. The van der Waals surface area contributed by atoms with Crippen molar-refractivity contribution < 1.29 is 19.7 Å². The third-order valence-corrected chi connectivity index (χ3v) is 2.23. The van der Waals surface area contributed by atoms with Crippen LogP contribution in [0.2, 0.25) is 0 Å². The lowest BCUT2D eigenvalue weighted by atomic mass is 10.2. The zero-order valence-electron chi connectivity index (χ0n) is 9.43. The van der Waals surface area contributed by atoms with E-state index in [-0.39, 0.29) is 19.2 Å². The van der Waals surface area contributed by atoms with Gasteiger partial charge in [0.25, 0.3) is 0 Å². The summed E-state index contributed by atoms with van der Waals surface area (Å²) in [7, 11) is 0. The van der Waals surface area contributed by atoms with Crippen LogP contribution >= 0.6 is 0 Å². The van der Waals surface area contributed by atoms with Gasteiger partial charge in [0.15, 0.2) is 0 Å². The molecule has 0 aromatic heterocycles. The Bertz CT molecular complexity index is 236. The Balaban J connectivity index is 2.59. The SMILES string of the molecule is CC(C)(C)OC(=O)N1CC(O)C[C@H]1CO. The summed E-state index contributed by atoms with van der Waals surface area (Å²) in [5.74, 6) is 0. The Labute approximate surface area is 89.6 Å². The molecule has 1 unspecified atom stereocenters. The molecule has 0 aromatic carbocycles. The van der Waals surface area contributed by atoms with E-state index < -0.39 is 17.8 Å². The molecule has 1 aliphatic rings. The van der Waals surface area contributed by atoms with E-state index in [1.54, 1.807) is 20.8 Å². The van der Waals surface area contributed by atoms with Crippen LogP contribution in [-0.4, -0.2) is 52.1 Å². The number of aliphatic hydroxyl groups excluding tert-OH is 2. The van der Waals surface area contributed by atoms with Gasteiger partial charge >= 0.3 is 6.09 Å². The minimum absolute atomic E-state index is 0.143. The number of aliphatic hydroxyl groups is 2. The lowest BCUT2D eigenvalue weighted by Crippen LogP contribution is -2.41. The first kappa shape index (κ1) is 12.3. The predicted molar refractivity (Wildman–Crippen MR) is 54.4 cm³/mol. The molecular formula is C10H19NO4. The lowest BCUT2D eigenvalue weighted by Gasteiger charge is -2.27. The molecule has 0 bridgehead atoms. The number of carbonyl (C=O) groups is 1. The first-order valence-electron chi connectivity index (χ1n) is 5.12. The monoisotopic (exact) mass is 217 g/mol. The highest BCUT2D eigenvalue weighted by Gasteiger charge is 2.36. The van der Waals surface area contributed by atoms with Crippen molar-refractivity contribution in [2.75, 3.05) is 13.2 Å². The van der Waals surface area contributed by atoms with Crippen molar-refractivity contribution in [2.45, 2.75) is 44.9 Å². The van der Waals surface area contributed by atoms with E-state index in [4.69, 9.17) is 9.84 Å². The summed E-state index contributed by atoms with van der Waals surface area (Å²) in [5, 5.41) is 18.4. The molecule has 0 saturated carbocycles. The zero-order valence-corrected chi connectivity index (χ0v) is 9.43. The van der Waals surface area contributed by atoms with Crippen LogP contribution in [0.5, 0.6) is 0 Å². The minimum atomic E-state index is -0.560. The molecule has 1 saturated heterocycles. The standard InChI is InChI=1S/C10H19NO4/c1-10(2,3)15-9(14)11-5-8(13)4-7(11)6-12/h7-8,12-13H,4-6H2,1-3H3/t7-,8?/m0/s1. The second-order valence-electron chi connectivity index (χ2n) is 4.86. The second-order valence-corrected chi connectivity index (χ2v) is 4.86. The summed E-state index contributed by atoms with van der Waals surface area (Å²) in [4.78, 5) is 13.0. The number of carbonyl (C=O) groups excluding carboxylic acids is 1. The molecule has 15 heavy (non-hydrogen) atoms. The van der Waals surface area contributed by atoms with Gasteiger partial charge in [-0.3, -0.25) is 0 Å². The van der Waals surface area contributed by atoms with Crippen LogP contribution in [0.4, 0.5) is 4.79 Å². The quantitative estimate of drug-likeness (QED) is 0.665. The number of hydrogen-bond acceptors (Lipinski definition) is 4. The van der Waals surface area contributed by atoms with Gasteiger partial charge in [0.2, 0.25) is 0 Å². The molecule has 1 amide bonds. The van der Waals surface area contributed by atoms with Crippen molar-refractivity contribution in [2.24, 2.45) is 0 Å². The highest BCUT2D eigenvalue weighted by molar-refractivity contribution is 5.69. The highest BCUT2D eigenvalue weighted by Crippen LogP contribution is 2.20. The summed E-state index contributed by atoms with van der Waals surface area (Å²) in [5.41, 5.74) is -0.551. The summed E-state index contributed by atoms with van der Waals surface area (Å²) in [6, 6.07) is -0.324. The molecule has 0 radical (unpaired) electrons. The van der Waals surface area contributed by atoms with E-state index >= 15 is 0 Å². The average Bonchev–Trinajstić information content (AvgIpc) is 2.43. The average molecular weight is 217 g/mol. The first-order chi connectivity index (χ1) is 6.83. The number of amides is 1. The molecule has 0 aliphatic carbocycles. The van der Waals surface area contributed by atoms with Gasteiger partial charge in [-0.15, -0.1) is 0 Å². The van der Waals surface area contributed by atoms with Gasteiger partial charge in [0.05, 0.1) is 25.3 Å². The number of nitrogens with zero attached hydrogens (tertiary/aromatic N) is 1. The Hall–Kier alpha value is -0.810. The van der Waals surface area contributed by atoms with Gasteiger partial charge < -0.3 is 19.8 Å². The Morgan fingerprint density at radius 2 is 2.13 bits per heavy atom. The number of rotatable bonds is 1. The van der Waals surface area contributed by atoms with Crippen molar-refractivity contribution in [3.63, 3.8) is 0 Å². The number of ether oxygens (including phenoxy) is 1. The van der Waals surface area contributed by atoms with Crippen molar-refractivity contribution in [3.8, 4) is 0 Å². The summed E-state index contributed by atoms with van der Waals surface area (Å²) in [6.07, 6.45) is -0.622. The van der Waals surface area contributed by atoms with Crippen molar-refractivity contribution in [3.05, 3.63) is 0 Å². The zero-order chi connectivity index (χ0) is 11.6. The van der Waals surface area contributed by atoms with Crippen LogP contribution in [0.25, 0.3) is 0 Å². The molecule has 5 heteroatoms. The van der Waals surface area contributed by atoms with E-state index in [1.807, 2.05) is 0 Å². The maximum absolute atomic E-state index is 11.7. The van der Waals surface area contributed by atoms with Crippen LogP contribution in [-0.2, 0) is 4.74 Å². The van der Waals surface area contributed by atoms with E-state index in [0.717, 1.165) is 0 Å². The van der Waals surface area contributed by atoms with Crippen LogP contribution in [0.15, 0.2) is 0 Å². The van der Waals surface area contributed by atoms with Crippen molar-refractivity contribution >= 4 is 6.09 Å². The van der Waals surface area contributed by atoms with Crippen LogP contribution in [0.3, 0.4) is 0 Å².